The Labute approximate surface area is 182 Å². The van der Waals surface area contributed by atoms with Crippen LogP contribution in [0.5, 0.6) is 0 Å². The fourth-order valence-electron chi connectivity index (χ4n) is 3.89. The smallest absolute Gasteiger partial charge is 0.326 e. The molecule has 2 aromatic rings. The number of carboxylic acids is 1. The Kier molecular flexibility index (Phi) is 7.78. The van der Waals surface area contributed by atoms with Crippen LogP contribution in [0.2, 0.25) is 0 Å². The van der Waals surface area contributed by atoms with Crippen LogP contribution in [-0.2, 0) is 27.2 Å². The highest BCUT2D eigenvalue weighted by atomic mass is 16.4. The van der Waals surface area contributed by atoms with E-state index in [4.69, 9.17) is 5.73 Å². The Morgan fingerprint density at radius 2 is 1.45 bits per heavy atom. The number of hydrogen-bond acceptors (Lipinski definition) is 4. The van der Waals surface area contributed by atoms with E-state index in [1.54, 1.807) is 4.90 Å². The lowest BCUT2D eigenvalue weighted by molar-refractivity contribution is -0.143. The number of benzene rings is 2. The molecule has 0 spiro atoms. The summed E-state index contributed by atoms with van der Waals surface area (Å²) in [6, 6.07) is 17.3. The third kappa shape index (κ3) is 6.39. The van der Waals surface area contributed by atoms with Gasteiger partial charge in [0.05, 0.1) is 6.04 Å². The summed E-state index contributed by atoms with van der Waals surface area (Å²) >= 11 is 0. The van der Waals surface area contributed by atoms with Gasteiger partial charge in [-0.3, -0.25) is 9.59 Å². The van der Waals surface area contributed by atoms with Gasteiger partial charge in [-0.2, -0.15) is 0 Å². The molecule has 1 saturated heterocycles. The second-order valence-corrected chi connectivity index (χ2v) is 7.98. The molecular weight excluding hydrogens is 394 g/mol. The molecule has 0 radical (unpaired) electrons. The Hall–Kier alpha value is -3.19. The van der Waals surface area contributed by atoms with E-state index in [1.165, 1.54) is 0 Å². The first-order valence-corrected chi connectivity index (χ1v) is 10.6. The molecule has 0 saturated carbocycles. The number of carbonyl (C=O) groups is 3. The molecule has 1 aliphatic heterocycles. The average molecular weight is 424 g/mol. The van der Waals surface area contributed by atoms with Crippen LogP contribution < -0.4 is 11.1 Å². The van der Waals surface area contributed by atoms with Crippen LogP contribution in [0.25, 0.3) is 0 Å². The monoisotopic (exact) mass is 423 g/mol. The van der Waals surface area contributed by atoms with Crippen molar-refractivity contribution in [3.8, 4) is 0 Å². The quantitative estimate of drug-likeness (QED) is 0.597. The molecule has 1 heterocycles. The van der Waals surface area contributed by atoms with E-state index >= 15 is 0 Å². The molecule has 1 aliphatic rings. The van der Waals surface area contributed by atoms with Crippen LogP contribution >= 0.6 is 0 Å². The Balaban J connectivity index is 1.49. The van der Waals surface area contributed by atoms with Gasteiger partial charge in [0.1, 0.15) is 6.04 Å². The molecule has 2 unspecified atom stereocenters. The van der Waals surface area contributed by atoms with Crippen LogP contribution in [0, 0.1) is 5.92 Å². The van der Waals surface area contributed by atoms with Crippen molar-refractivity contribution < 1.29 is 19.5 Å². The maximum Gasteiger partial charge on any atom is 0.326 e. The number of hydrogen-bond donors (Lipinski definition) is 3. The third-order valence-corrected chi connectivity index (χ3v) is 5.69. The maximum absolute atomic E-state index is 12.7. The Morgan fingerprint density at radius 1 is 0.935 bits per heavy atom. The molecule has 0 aliphatic carbocycles. The number of amides is 2. The van der Waals surface area contributed by atoms with Gasteiger partial charge in [0.25, 0.3) is 0 Å². The minimum atomic E-state index is -1.06. The van der Waals surface area contributed by atoms with Crippen LogP contribution in [0.1, 0.15) is 24.0 Å². The van der Waals surface area contributed by atoms with E-state index in [-0.39, 0.29) is 24.2 Å². The van der Waals surface area contributed by atoms with Gasteiger partial charge in [-0.05, 0) is 30.4 Å². The molecule has 7 nitrogen and oxygen atoms in total. The van der Waals surface area contributed by atoms with Gasteiger partial charge >= 0.3 is 5.97 Å². The molecular formula is C24H29N3O4. The van der Waals surface area contributed by atoms with Crippen molar-refractivity contribution in [2.24, 2.45) is 11.7 Å². The summed E-state index contributed by atoms with van der Waals surface area (Å²) in [5.74, 6) is -1.76. The molecule has 3 rings (SSSR count). The van der Waals surface area contributed by atoms with E-state index in [0.717, 1.165) is 11.1 Å². The minimum Gasteiger partial charge on any atom is -0.480 e. The largest absolute Gasteiger partial charge is 0.480 e. The van der Waals surface area contributed by atoms with Gasteiger partial charge < -0.3 is 21.1 Å². The first-order valence-electron chi connectivity index (χ1n) is 10.6. The molecule has 164 valence electrons. The fraction of sp³-hybridized carbons (Fsp3) is 0.375. The first kappa shape index (κ1) is 22.5. The number of piperidine rings is 1. The SMILES string of the molecule is NC(Cc1ccccc1)C(=O)N1CCC(C(=O)NC(Cc2ccccc2)C(=O)O)CC1. The summed E-state index contributed by atoms with van der Waals surface area (Å²) in [5, 5.41) is 12.2. The van der Waals surface area contributed by atoms with E-state index < -0.39 is 18.1 Å². The second kappa shape index (κ2) is 10.7. The zero-order valence-electron chi connectivity index (χ0n) is 17.4. The molecule has 2 aromatic carbocycles. The van der Waals surface area contributed by atoms with E-state index in [2.05, 4.69) is 5.32 Å². The Morgan fingerprint density at radius 3 is 1.97 bits per heavy atom. The highest BCUT2D eigenvalue weighted by molar-refractivity contribution is 5.86. The van der Waals surface area contributed by atoms with E-state index in [0.29, 0.717) is 32.4 Å². The van der Waals surface area contributed by atoms with Crippen molar-refractivity contribution in [2.45, 2.75) is 37.8 Å². The van der Waals surface area contributed by atoms with Crippen LogP contribution in [0.15, 0.2) is 60.7 Å². The predicted molar refractivity (Wildman–Crippen MR) is 117 cm³/mol. The summed E-state index contributed by atoms with van der Waals surface area (Å²) in [7, 11) is 0. The number of aliphatic carboxylic acids is 1. The molecule has 7 heteroatoms. The first-order chi connectivity index (χ1) is 14.9. The number of nitrogens with two attached hydrogens (primary N) is 1. The van der Waals surface area contributed by atoms with Gasteiger partial charge in [0, 0.05) is 25.4 Å². The van der Waals surface area contributed by atoms with Crippen LogP contribution in [0.4, 0.5) is 0 Å². The van der Waals surface area contributed by atoms with Gasteiger partial charge in [-0.1, -0.05) is 60.7 Å². The second-order valence-electron chi connectivity index (χ2n) is 7.98. The molecule has 31 heavy (non-hydrogen) atoms. The van der Waals surface area contributed by atoms with Crippen molar-refractivity contribution in [1.82, 2.24) is 10.2 Å². The number of carboxylic acid groups (broad SMARTS) is 1. The summed E-state index contributed by atoms with van der Waals surface area (Å²) < 4.78 is 0. The highest BCUT2D eigenvalue weighted by Gasteiger charge is 2.31. The standard InChI is InChI=1S/C24H29N3O4/c25-20(15-17-7-3-1-4-8-17)23(29)27-13-11-19(12-14-27)22(28)26-21(24(30)31)16-18-9-5-2-6-10-18/h1-10,19-21H,11-16,25H2,(H,26,28)(H,30,31). The fourth-order valence-corrected chi connectivity index (χ4v) is 3.89. The van der Waals surface area contributed by atoms with Crippen molar-refractivity contribution in [2.75, 3.05) is 13.1 Å². The third-order valence-electron chi connectivity index (χ3n) is 5.69. The summed E-state index contributed by atoms with van der Waals surface area (Å²) in [6.07, 6.45) is 1.69. The van der Waals surface area contributed by atoms with Gasteiger partial charge in [-0.15, -0.1) is 0 Å². The normalized spacial score (nSPS) is 16.4. The minimum absolute atomic E-state index is 0.116. The highest BCUT2D eigenvalue weighted by Crippen LogP contribution is 2.19. The Bertz CT molecular complexity index is 880. The van der Waals surface area contributed by atoms with E-state index in [9.17, 15) is 19.5 Å². The van der Waals surface area contributed by atoms with Crippen molar-refractivity contribution in [3.63, 3.8) is 0 Å². The van der Waals surface area contributed by atoms with Crippen molar-refractivity contribution >= 4 is 17.8 Å². The number of likely N-dealkylation sites (tertiary alicyclic amines) is 1. The lowest BCUT2D eigenvalue weighted by Crippen LogP contribution is -2.51. The van der Waals surface area contributed by atoms with Crippen LogP contribution in [-0.4, -0.2) is 53.0 Å². The van der Waals surface area contributed by atoms with Gasteiger partial charge in [0.2, 0.25) is 11.8 Å². The van der Waals surface area contributed by atoms with Gasteiger partial charge in [0.15, 0.2) is 0 Å². The zero-order chi connectivity index (χ0) is 22.2. The molecule has 0 bridgehead atoms. The lowest BCUT2D eigenvalue weighted by Gasteiger charge is -2.33. The van der Waals surface area contributed by atoms with Crippen LogP contribution in [0.3, 0.4) is 0 Å². The molecule has 4 N–H and O–H groups in total. The number of nitrogens with one attached hydrogen (secondary N) is 1. The lowest BCUT2D eigenvalue weighted by atomic mass is 9.94. The predicted octanol–water partition coefficient (Wildman–Crippen LogP) is 1.61. The average Bonchev–Trinajstić information content (AvgIpc) is 2.79. The number of nitrogens with zero attached hydrogens (tertiary/aromatic N) is 1. The molecule has 0 aromatic heterocycles. The van der Waals surface area contributed by atoms with E-state index in [1.807, 2.05) is 60.7 Å². The molecule has 2 amide bonds. The summed E-state index contributed by atoms with van der Waals surface area (Å²) in [5.41, 5.74) is 7.97. The number of rotatable bonds is 8. The summed E-state index contributed by atoms with van der Waals surface area (Å²) in [4.78, 5) is 38.6. The molecule has 2 atom stereocenters. The van der Waals surface area contributed by atoms with Crippen molar-refractivity contribution in [3.05, 3.63) is 71.8 Å². The molecule has 1 fully saturated rings. The summed E-state index contributed by atoms with van der Waals surface area (Å²) in [6.45, 7) is 0.881. The van der Waals surface area contributed by atoms with Gasteiger partial charge in [-0.25, -0.2) is 4.79 Å². The maximum atomic E-state index is 12.7. The number of carbonyl (C=O) groups excluding carboxylic acids is 2. The zero-order valence-corrected chi connectivity index (χ0v) is 17.4. The van der Waals surface area contributed by atoms with Crippen molar-refractivity contribution in [1.29, 1.82) is 0 Å². The topological polar surface area (TPSA) is 113 Å².